The second-order valence-corrected chi connectivity index (χ2v) is 6.01. The number of aryl methyl sites for hydroxylation is 1. The van der Waals surface area contributed by atoms with Crippen molar-refractivity contribution in [1.82, 2.24) is 25.0 Å². The lowest BCUT2D eigenvalue weighted by molar-refractivity contribution is 0.192. The molecule has 0 radical (unpaired) electrons. The van der Waals surface area contributed by atoms with Crippen LogP contribution in [0.4, 0.5) is 0 Å². The van der Waals surface area contributed by atoms with Crippen LogP contribution in [0.3, 0.4) is 0 Å². The van der Waals surface area contributed by atoms with Gasteiger partial charge in [-0.05, 0) is 18.6 Å². The fraction of sp³-hybridized carbons (Fsp3) is 0.600. The Kier molecular flexibility index (Phi) is 4.07. The van der Waals surface area contributed by atoms with E-state index in [0.29, 0.717) is 6.04 Å². The molecule has 1 N–H and O–H groups in total. The molecular formula is C15H23N5O. The standard InChI is InChI=1S/C15H23N5O/c1-11(2)16-7-14-12(3)6-13(21-14)8-19-4-5-20-10-17-18-15(20)9-19/h6,10-11,16H,4-5,7-9H2,1-3H3. The summed E-state index contributed by atoms with van der Waals surface area (Å²) in [5.41, 5.74) is 1.22. The molecule has 0 unspecified atom stereocenters. The maximum Gasteiger partial charge on any atom is 0.147 e. The third-order valence-electron chi connectivity index (χ3n) is 3.84. The minimum absolute atomic E-state index is 0.464. The molecule has 6 nitrogen and oxygen atoms in total. The van der Waals surface area contributed by atoms with Crippen LogP contribution in [0.2, 0.25) is 0 Å². The molecule has 2 aromatic heterocycles. The molecule has 0 fully saturated rings. The Morgan fingerprint density at radius 1 is 1.38 bits per heavy atom. The van der Waals surface area contributed by atoms with Crippen molar-refractivity contribution in [3.05, 3.63) is 35.3 Å². The Labute approximate surface area is 125 Å². The molecule has 3 rings (SSSR count). The van der Waals surface area contributed by atoms with Crippen molar-refractivity contribution >= 4 is 0 Å². The van der Waals surface area contributed by atoms with E-state index in [2.05, 4.69) is 51.8 Å². The van der Waals surface area contributed by atoms with E-state index in [-0.39, 0.29) is 0 Å². The Morgan fingerprint density at radius 2 is 2.24 bits per heavy atom. The highest BCUT2D eigenvalue weighted by molar-refractivity contribution is 5.20. The summed E-state index contributed by atoms with van der Waals surface area (Å²) in [5, 5.41) is 11.5. The van der Waals surface area contributed by atoms with Gasteiger partial charge in [-0.15, -0.1) is 10.2 Å². The van der Waals surface area contributed by atoms with E-state index in [9.17, 15) is 0 Å². The maximum atomic E-state index is 5.99. The Bertz CT molecular complexity index is 601. The van der Waals surface area contributed by atoms with Gasteiger partial charge < -0.3 is 14.3 Å². The first-order chi connectivity index (χ1) is 10.1. The van der Waals surface area contributed by atoms with Crippen LogP contribution in [0.5, 0.6) is 0 Å². The normalized spacial score (nSPS) is 15.6. The van der Waals surface area contributed by atoms with Gasteiger partial charge in [-0.2, -0.15) is 0 Å². The number of hydrogen-bond donors (Lipinski definition) is 1. The van der Waals surface area contributed by atoms with E-state index in [4.69, 9.17) is 4.42 Å². The van der Waals surface area contributed by atoms with E-state index < -0.39 is 0 Å². The highest BCUT2D eigenvalue weighted by atomic mass is 16.3. The minimum Gasteiger partial charge on any atom is -0.463 e. The zero-order valence-electron chi connectivity index (χ0n) is 13.0. The summed E-state index contributed by atoms with van der Waals surface area (Å²) < 4.78 is 8.10. The monoisotopic (exact) mass is 289 g/mol. The second kappa shape index (κ2) is 5.99. The molecule has 0 bridgehead atoms. The summed E-state index contributed by atoms with van der Waals surface area (Å²) in [6, 6.07) is 2.61. The number of fused-ring (bicyclic) bond motifs is 1. The minimum atomic E-state index is 0.464. The molecule has 0 aliphatic carbocycles. The molecule has 0 spiro atoms. The summed E-state index contributed by atoms with van der Waals surface area (Å²) in [6.45, 7) is 10.8. The predicted octanol–water partition coefficient (Wildman–Crippen LogP) is 1.69. The molecular weight excluding hydrogens is 266 g/mol. The quantitative estimate of drug-likeness (QED) is 0.908. The van der Waals surface area contributed by atoms with Crippen LogP contribution < -0.4 is 5.32 Å². The molecule has 114 valence electrons. The first-order valence-corrected chi connectivity index (χ1v) is 7.52. The third-order valence-corrected chi connectivity index (χ3v) is 3.84. The van der Waals surface area contributed by atoms with Crippen LogP contribution in [-0.4, -0.2) is 32.3 Å². The SMILES string of the molecule is Cc1cc(CN2CCn3cnnc3C2)oc1CNC(C)C. The molecule has 0 atom stereocenters. The van der Waals surface area contributed by atoms with Gasteiger partial charge >= 0.3 is 0 Å². The number of aromatic nitrogens is 3. The predicted molar refractivity (Wildman–Crippen MR) is 79.6 cm³/mol. The largest absolute Gasteiger partial charge is 0.463 e. The first-order valence-electron chi connectivity index (χ1n) is 7.52. The van der Waals surface area contributed by atoms with Gasteiger partial charge in [-0.25, -0.2) is 0 Å². The summed E-state index contributed by atoms with van der Waals surface area (Å²) in [4.78, 5) is 2.35. The smallest absolute Gasteiger partial charge is 0.147 e. The Hall–Kier alpha value is -1.66. The highest BCUT2D eigenvalue weighted by Crippen LogP contribution is 2.19. The van der Waals surface area contributed by atoms with E-state index in [1.165, 1.54) is 5.56 Å². The van der Waals surface area contributed by atoms with Gasteiger partial charge in [0.05, 0.1) is 19.6 Å². The molecule has 2 aromatic rings. The van der Waals surface area contributed by atoms with Gasteiger partial charge in [0.2, 0.25) is 0 Å². The third kappa shape index (κ3) is 3.33. The van der Waals surface area contributed by atoms with E-state index in [1.807, 2.05) is 0 Å². The van der Waals surface area contributed by atoms with Crippen LogP contribution in [0, 0.1) is 6.92 Å². The highest BCUT2D eigenvalue weighted by Gasteiger charge is 2.19. The van der Waals surface area contributed by atoms with Gasteiger partial charge in [0, 0.05) is 19.1 Å². The van der Waals surface area contributed by atoms with Gasteiger partial charge in [-0.1, -0.05) is 13.8 Å². The fourth-order valence-corrected chi connectivity index (χ4v) is 2.61. The van der Waals surface area contributed by atoms with E-state index >= 15 is 0 Å². The molecule has 3 heterocycles. The van der Waals surface area contributed by atoms with Crippen LogP contribution in [0.25, 0.3) is 0 Å². The lowest BCUT2D eigenvalue weighted by Crippen LogP contribution is -2.33. The molecule has 21 heavy (non-hydrogen) atoms. The summed E-state index contributed by atoms with van der Waals surface area (Å²) in [6.07, 6.45) is 1.80. The zero-order valence-corrected chi connectivity index (χ0v) is 13.0. The fourth-order valence-electron chi connectivity index (χ4n) is 2.61. The molecule has 0 saturated carbocycles. The van der Waals surface area contributed by atoms with Crippen LogP contribution in [0.1, 0.15) is 36.8 Å². The molecule has 0 saturated heterocycles. The number of rotatable bonds is 5. The summed E-state index contributed by atoms with van der Waals surface area (Å²) in [5.74, 6) is 3.10. The van der Waals surface area contributed by atoms with Crippen LogP contribution in [-0.2, 0) is 26.2 Å². The van der Waals surface area contributed by atoms with Gasteiger partial charge in [0.15, 0.2) is 0 Å². The molecule has 1 aliphatic heterocycles. The van der Waals surface area contributed by atoms with Gasteiger partial charge in [0.1, 0.15) is 23.7 Å². The topological polar surface area (TPSA) is 59.1 Å². The van der Waals surface area contributed by atoms with Crippen molar-refractivity contribution in [2.75, 3.05) is 6.54 Å². The van der Waals surface area contributed by atoms with Crippen LogP contribution in [0.15, 0.2) is 16.8 Å². The van der Waals surface area contributed by atoms with Crippen molar-refractivity contribution in [3.63, 3.8) is 0 Å². The van der Waals surface area contributed by atoms with Crippen LogP contribution >= 0.6 is 0 Å². The first kappa shape index (κ1) is 14.3. The Morgan fingerprint density at radius 3 is 3.05 bits per heavy atom. The molecule has 0 aromatic carbocycles. The average molecular weight is 289 g/mol. The Balaban J connectivity index is 1.62. The summed E-state index contributed by atoms with van der Waals surface area (Å²) >= 11 is 0. The zero-order chi connectivity index (χ0) is 14.8. The maximum absolute atomic E-state index is 5.99. The number of nitrogens with zero attached hydrogens (tertiary/aromatic N) is 4. The van der Waals surface area contributed by atoms with E-state index in [0.717, 1.165) is 50.1 Å². The van der Waals surface area contributed by atoms with Gasteiger partial charge in [0.25, 0.3) is 0 Å². The second-order valence-electron chi connectivity index (χ2n) is 6.01. The van der Waals surface area contributed by atoms with Crippen molar-refractivity contribution in [2.24, 2.45) is 0 Å². The lowest BCUT2D eigenvalue weighted by Gasteiger charge is -2.25. The van der Waals surface area contributed by atoms with Crippen molar-refractivity contribution in [2.45, 2.75) is 53.0 Å². The van der Waals surface area contributed by atoms with Crippen molar-refractivity contribution in [3.8, 4) is 0 Å². The molecule has 1 aliphatic rings. The van der Waals surface area contributed by atoms with E-state index in [1.54, 1.807) is 6.33 Å². The molecule has 6 heteroatoms. The van der Waals surface area contributed by atoms with Crippen molar-refractivity contribution < 1.29 is 4.42 Å². The number of nitrogens with one attached hydrogen (secondary N) is 1. The van der Waals surface area contributed by atoms with Gasteiger partial charge in [-0.3, -0.25) is 4.90 Å². The average Bonchev–Trinajstić information content (AvgIpc) is 3.02. The molecule has 0 amide bonds. The van der Waals surface area contributed by atoms with Crippen molar-refractivity contribution in [1.29, 1.82) is 0 Å². The number of furan rings is 1. The summed E-state index contributed by atoms with van der Waals surface area (Å²) in [7, 11) is 0. The lowest BCUT2D eigenvalue weighted by atomic mass is 10.2. The number of hydrogen-bond acceptors (Lipinski definition) is 5.